The zero-order chi connectivity index (χ0) is 27.7. The molecule has 3 aromatic rings. The monoisotopic (exact) mass is 518 g/mol. The molecule has 0 saturated carbocycles. The normalized spacial score (nSPS) is 13.8. The number of hydrogen-bond donors (Lipinski definition) is 1. The largest absolute Gasteiger partial charge is 0.490 e. The molecule has 1 aromatic heterocycles. The fourth-order valence-electron chi connectivity index (χ4n) is 4.32. The van der Waals surface area contributed by atoms with Crippen LogP contribution in [0.4, 0.5) is 4.79 Å². The minimum atomic E-state index is -0.275. The van der Waals surface area contributed by atoms with Crippen LogP contribution >= 0.6 is 0 Å². The second-order valence-corrected chi connectivity index (χ2v) is 10.1. The summed E-state index contributed by atoms with van der Waals surface area (Å²) in [5.74, 6) is 1.56. The van der Waals surface area contributed by atoms with Gasteiger partial charge in [0.15, 0.2) is 0 Å². The number of benzene rings is 2. The van der Waals surface area contributed by atoms with Crippen LogP contribution in [0, 0.1) is 11.3 Å². The smallest absolute Gasteiger partial charge is 0.314 e. The van der Waals surface area contributed by atoms with Crippen molar-refractivity contribution < 1.29 is 14.1 Å². The first-order chi connectivity index (χ1) is 18.2. The van der Waals surface area contributed by atoms with E-state index in [1.165, 1.54) is 17.5 Å². The number of ether oxygens (including phenoxy) is 1. The molecule has 0 radical (unpaired) electrons. The first-order valence-corrected chi connectivity index (χ1v) is 13.0. The van der Waals surface area contributed by atoms with E-state index in [4.69, 9.17) is 15.0 Å². The van der Waals surface area contributed by atoms with E-state index in [0.717, 1.165) is 44.3 Å². The van der Waals surface area contributed by atoms with Crippen LogP contribution < -0.4 is 10.5 Å². The zero-order valence-corrected chi connectivity index (χ0v) is 23.0. The molecule has 2 heterocycles. The van der Waals surface area contributed by atoms with Crippen molar-refractivity contribution in [1.29, 1.82) is 5.26 Å². The van der Waals surface area contributed by atoms with E-state index in [9.17, 15) is 10.1 Å². The van der Waals surface area contributed by atoms with Crippen molar-refractivity contribution in [3.63, 3.8) is 0 Å². The summed E-state index contributed by atoms with van der Waals surface area (Å²) in [5.41, 5.74) is 9.88. The molecular formula is C29H38N6O3. The molecule has 1 aliphatic carbocycles. The third kappa shape index (κ3) is 7.80. The molecule has 0 atom stereocenters. The molecule has 1 aliphatic heterocycles. The van der Waals surface area contributed by atoms with Gasteiger partial charge in [0.05, 0.1) is 11.7 Å². The Morgan fingerprint density at radius 3 is 2.45 bits per heavy atom. The van der Waals surface area contributed by atoms with Crippen LogP contribution in [0.2, 0.25) is 0 Å². The van der Waals surface area contributed by atoms with E-state index in [2.05, 4.69) is 22.3 Å². The molecule has 2 N–H and O–H groups in total. The number of fused-ring (bicyclic) bond motifs is 1. The van der Waals surface area contributed by atoms with Gasteiger partial charge in [0.1, 0.15) is 11.8 Å². The molecule has 0 spiro atoms. The number of primary amides is 1. The predicted octanol–water partition coefficient (Wildman–Crippen LogP) is 4.89. The fraction of sp³-hybridized carbons (Fsp3) is 0.448. The summed E-state index contributed by atoms with van der Waals surface area (Å²) in [5, 5.41) is 13.6. The van der Waals surface area contributed by atoms with Gasteiger partial charge in [-0.1, -0.05) is 23.4 Å². The molecule has 0 unspecified atom stereocenters. The number of amides is 2. The van der Waals surface area contributed by atoms with Gasteiger partial charge in [-0.05, 0) is 96.4 Å². The van der Waals surface area contributed by atoms with E-state index in [0.29, 0.717) is 28.6 Å². The standard InChI is InChI=1S/C21H19N3O2.C5H10N2O.C3H9N/c1-13(2)25-19-10-9-15(11-16(19)12-22)21-23-20(24-26-21)18-8-4-6-14-5-3-7-17(14)18;6-5(8)7-3-1-2-4-7;1-4(2)3/h4,6,8-11,13H,3,5,7H2,1-2H3;1-4H2,(H2,6,8);1-3H3. The van der Waals surface area contributed by atoms with Crippen molar-refractivity contribution in [2.75, 3.05) is 34.2 Å². The second-order valence-electron chi connectivity index (χ2n) is 10.1. The quantitative estimate of drug-likeness (QED) is 0.522. The Kier molecular flexibility index (Phi) is 10.3. The predicted molar refractivity (Wildman–Crippen MR) is 148 cm³/mol. The van der Waals surface area contributed by atoms with E-state index in [-0.39, 0.29) is 12.1 Å². The molecule has 38 heavy (non-hydrogen) atoms. The van der Waals surface area contributed by atoms with Gasteiger partial charge in [0, 0.05) is 24.2 Å². The van der Waals surface area contributed by atoms with Crippen LogP contribution in [0.25, 0.3) is 22.8 Å². The molecular weight excluding hydrogens is 480 g/mol. The van der Waals surface area contributed by atoms with Crippen molar-refractivity contribution in [1.82, 2.24) is 19.9 Å². The highest BCUT2D eigenvalue weighted by atomic mass is 16.5. The highest BCUT2D eigenvalue weighted by molar-refractivity contribution is 5.72. The third-order valence-corrected chi connectivity index (χ3v) is 5.94. The summed E-state index contributed by atoms with van der Waals surface area (Å²) in [6, 6.07) is 13.5. The Hall–Kier alpha value is -3.90. The number of carbonyl (C=O) groups excluding carboxylic acids is 1. The van der Waals surface area contributed by atoms with Crippen LogP contribution in [0.15, 0.2) is 40.9 Å². The number of urea groups is 1. The molecule has 1 fully saturated rings. The molecule has 2 aromatic carbocycles. The van der Waals surface area contributed by atoms with Gasteiger partial charge in [-0.15, -0.1) is 0 Å². The molecule has 2 aliphatic rings. The summed E-state index contributed by atoms with van der Waals surface area (Å²) in [4.78, 5) is 18.6. The number of aromatic nitrogens is 2. The third-order valence-electron chi connectivity index (χ3n) is 5.94. The van der Waals surface area contributed by atoms with Gasteiger partial charge in [-0.25, -0.2) is 4.79 Å². The van der Waals surface area contributed by atoms with Gasteiger partial charge >= 0.3 is 6.03 Å². The molecule has 1 saturated heterocycles. The van der Waals surface area contributed by atoms with Gasteiger partial charge in [-0.3, -0.25) is 0 Å². The Morgan fingerprint density at radius 2 is 1.84 bits per heavy atom. The SMILES string of the molecule is CC(C)Oc1ccc(-c2nc(-c3cccc4c3CCC4)no2)cc1C#N.CN(C)C.NC(=O)N1CCCC1. The van der Waals surface area contributed by atoms with E-state index in [1.807, 2.05) is 58.1 Å². The van der Waals surface area contributed by atoms with Crippen molar-refractivity contribution >= 4 is 6.03 Å². The van der Waals surface area contributed by atoms with Gasteiger partial charge < -0.3 is 24.8 Å². The van der Waals surface area contributed by atoms with E-state index < -0.39 is 0 Å². The molecule has 2 amide bonds. The highest BCUT2D eigenvalue weighted by Gasteiger charge is 2.20. The minimum Gasteiger partial charge on any atom is -0.490 e. The number of nitrogens with zero attached hydrogens (tertiary/aromatic N) is 5. The van der Waals surface area contributed by atoms with Crippen LogP contribution in [-0.2, 0) is 12.8 Å². The fourth-order valence-corrected chi connectivity index (χ4v) is 4.32. The number of nitriles is 1. The average molecular weight is 519 g/mol. The number of nitrogens with two attached hydrogens (primary N) is 1. The molecule has 202 valence electrons. The van der Waals surface area contributed by atoms with Gasteiger partial charge in [0.25, 0.3) is 5.89 Å². The number of likely N-dealkylation sites (tertiary alicyclic amines) is 1. The lowest BCUT2D eigenvalue weighted by Crippen LogP contribution is -2.32. The first kappa shape index (κ1) is 28.7. The minimum absolute atomic E-state index is 0.00290. The van der Waals surface area contributed by atoms with Crippen molar-refractivity contribution in [3.05, 3.63) is 53.1 Å². The Balaban J connectivity index is 0.000000277. The maximum atomic E-state index is 10.3. The van der Waals surface area contributed by atoms with Gasteiger partial charge in [-0.2, -0.15) is 10.2 Å². The summed E-state index contributed by atoms with van der Waals surface area (Å²) in [6.07, 6.45) is 5.56. The lowest BCUT2D eigenvalue weighted by molar-refractivity contribution is 0.218. The zero-order valence-electron chi connectivity index (χ0n) is 23.0. The summed E-state index contributed by atoms with van der Waals surface area (Å²) >= 11 is 0. The summed E-state index contributed by atoms with van der Waals surface area (Å²) < 4.78 is 11.1. The average Bonchev–Trinajstić information content (AvgIpc) is 3.65. The maximum absolute atomic E-state index is 10.3. The number of rotatable bonds is 4. The molecule has 5 rings (SSSR count). The van der Waals surface area contributed by atoms with Crippen LogP contribution in [-0.4, -0.2) is 66.3 Å². The lowest BCUT2D eigenvalue weighted by atomic mass is 10.0. The maximum Gasteiger partial charge on any atom is 0.314 e. The summed E-state index contributed by atoms with van der Waals surface area (Å²) in [7, 11) is 6.00. The Labute approximate surface area is 225 Å². The second kappa shape index (κ2) is 13.6. The topological polar surface area (TPSA) is 122 Å². The van der Waals surface area contributed by atoms with Gasteiger partial charge in [0.2, 0.25) is 5.82 Å². The van der Waals surface area contributed by atoms with Crippen molar-refractivity contribution in [2.45, 2.75) is 52.1 Å². The van der Waals surface area contributed by atoms with Crippen molar-refractivity contribution in [3.8, 4) is 34.7 Å². The highest BCUT2D eigenvalue weighted by Crippen LogP contribution is 2.33. The first-order valence-electron chi connectivity index (χ1n) is 13.0. The molecule has 9 heteroatoms. The Bertz CT molecular complexity index is 1250. The number of hydrogen-bond acceptors (Lipinski definition) is 7. The lowest BCUT2D eigenvalue weighted by Gasteiger charge is -2.11. The number of aryl methyl sites for hydroxylation is 1. The van der Waals surface area contributed by atoms with Crippen LogP contribution in [0.1, 0.15) is 49.8 Å². The van der Waals surface area contributed by atoms with Crippen LogP contribution in [0.3, 0.4) is 0 Å². The summed E-state index contributed by atoms with van der Waals surface area (Å²) in [6.45, 7) is 5.57. The molecule has 9 nitrogen and oxygen atoms in total. The number of carbonyl (C=O) groups is 1. The van der Waals surface area contributed by atoms with Crippen LogP contribution in [0.5, 0.6) is 5.75 Å². The van der Waals surface area contributed by atoms with E-state index in [1.54, 1.807) is 17.0 Å². The molecule has 0 bridgehead atoms. The van der Waals surface area contributed by atoms with Crippen molar-refractivity contribution in [2.24, 2.45) is 5.73 Å². The Morgan fingerprint density at radius 1 is 1.13 bits per heavy atom. The van der Waals surface area contributed by atoms with E-state index >= 15 is 0 Å².